The van der Waals surface area contributed by atoms with Gasteiger partial charge in [-0.25, -0.2) is 4.39 Å². The van der Waals surface area contributed by atoms with Gasteiger partial charge in [0.25, 0.3) is 0 Å². The number of rotatable bonds is 5. The lowest BCUT2D eigenvalue weighted by molar-refractivity contribution is -0.119. The summed E-state index contributed by atoms with van der Waals surface area (Å²) in [5.74, 6) is 0.235. The molecule has 4 rings (SSSR count). The summed E-state index contributed by atoms with van der Waals surface area (Å²) < 4.78 is 30.4. The largest absolute Gasteiger partial charge is 0.493 e. The zero-order valence-corrected chi connectivity index (χ0v) is 17.7. The van der Waals surface area contributed by atoms with Crippen LogP contribution in [0.4, 0.5) is 10.1 Å². The molecule has 2 aliphatic rings. The zero-order chi connectivity index (χ0) is 22.1. The maximum absolute atomic E-state index is 13.9. The van der Waals surface area contributed by atoms with Crippen LogP contribution in [-0.2, 0) is 9.59 Å². The maximum Gasteiger partial charge on any atom is 0.232 e. The Morgan fingerprint density at radius 3 is 2.42 bits per heavy atom. The minimum Gasteiger partial charge on any atom is -0.493 e. The lowest BCUT2D eigenvalue weighted by Crippen LogP contribution is -2.40. The highest BCUT2D eigenvalue weighted by atomic mass is 19.1. The number of hydrogen-bond acceptors (Lipinski definition) is 5. The average Bonchev–Trinajstić information content (AvgIpc) is 2.77. The van der Waals surface area contributed by atoms with Gasteiger partial charge in [-0.15, -0.1) is 0 Å². The van der Waals surface area contributed by atoms with Gasteiger partial charge in [-0.05, 0) is 37.1 Å². The number of amides is 1. The Bertz CT molecular complexity index is 1080. The predicted molar refractivity (Wildman–Crippen MR) is 113 cm³/mol. The summed E-state index contributed by atoms with van der Waals surface area (Å²) in [6.45, 7) is 0. The van der Waals surface area contributed by atoms with Gasteiger partial charge in [0.15, 0.2) is 17.3 Å². The van der Waals surface area contributed by atoms with E-state index in [0.717, 1.165) is 0 Å². The van der Waals surface area contributed by atoms with E-state index in [1.54, 1.807) is 18.2 Å². The van der Waals surface area contributed by atoms with E-state index < -0.39 is 11.7 Å². The van der Waals surface area contributed by atoms with Crippen molar-refractivity contribution in [1.29, 1.82) is 0 Å². The number of Topliss-reactive ketones (excluding diaryl/α,β-unsaturated/α-hetero) is 1. The van der Waals surface area contributed by atoms with Crippen LogP contribution in [-0.4, -0.2) is 33.0 Å². The number of ether oxygens (including phenoxy) is 3. The third kappa shape index (κ3) is 3.54. The standard InChI is InChI=1S/C24H24FNO5/c1-29-20-11-10-16(23(30-2)24(20)31-3)17-13-21(28)26(15-7-4-6-14(25)12-15)18-8-5-9-19(27)22(17)18/h4,6-7,10-12,17H,5,8-9,13H2,1-3H3. The predicted octanol–water partition coefficient (Wildman–Crippen LogP) is 4.38. The molecule has 0 N–H and O–H groups in total. The van der Waals surface area contributed by atoms with Crippen molar-refractivity contribution in [2.24, 2.45) is 0 Å². The van der Waals surface area contributed by atoms with Crippen molar-refractivity contribution in [2.45, 2.75) is 31.6 Å². The molecule has 1 atom stereocenters. The Labute approximate surface area is 180 Å². The van der Waals surface area contributed by atoms with Crippen molar-refractivity contribution in [3.05, 3.63) is 59.0 Å². The van der Waals surface area contributed by atoms with E-state index in [1.165, 1.54) is 38.4 Å². The number of benzene rings is 2. The van der Waals surface area contributed by atoms with Gasteiger partial charge < -0.3 is 14.2 Å². The van der Waals surface area contributed by atoms with Gasteiger partial charge in [0.05, 0.1) is 27.0 Å². The van der Waals surface area contributed by atoms with E-state index in [-0.39, 0.29) is 18.1 Å². The second-order valence-electron chi connectivity index (χ2n) is 7.53. The van der Waals surface area contributed by atoms with Gasteiger partial charge in [0.2, 0.25) is 11.7 Å². The first-order chi connectivity index (χ1) is 15.0. The highest BCUT2D eigenvalue weighted by Crippen LogP contribution is 2.49. The Morgan fingerprint density at radius 2 is 1.74 bits per heavy atom. The molecule has 0 saturated carbocycles. The number of carbonyl (C=O) groups excluding carboxylic acids is 2. The van der Waals surface area contributed by atoms with Crippen molar-refractivity contribution in [3.63, 3.8) is 0 Å². The number of nitrogens with zero attached hydrogens (tertiary/aromatic N) is 1. The van der Waals surface area contributed by atoms with Gasteiger partial charge in [0, 0.05) is 35.6 Å². The van der Waals surface area contributed by atoms with E-state index in [9.17, 15) is 14.0 Å². The zero-order valence-electron chi connectivity index (χ0n) is 17.7. The lowest BCUT2D eigenvalue weighted by atomic mass is 9.76. The minimum atomic E-state index is -0.477. The molecular formula is C24H24FNO5. The Kier molecular flexibility index (Phi) is 5.67. The fourth-order valence-electron chi connectivity index (χ4n) is 4.57. The molecule has 162 valence electrons. The van der Waals surface area contributed by atoms with Gasteiger partial charge in [-0.1, -0.05) is 12.1 Å². The molecule has 2 aromatic rings. The normalized spacial score (nSPS) is 18.7. The molecule has 6 nitrogen and oxygen atoms in total. The molecular weight excluding hydrogens is 401 g/mol. The van der Waals surface area contributed by atoms with E-state index in [2.05, 4.69) is 0 Å². The van der Waals surface area contributed by atoms with Crippen molar-refractivity contribution < 1.29 is 28.2 Å². The average molecular weight is 425 g/mol. The third-order valence-corrected chi connectivity index (χ3v) is 5.85. The maximum atomic E-state index is 13.9. The summed E-state index contributed by atoms with van der Waals surface area (Å²) in [6, 6.07) is 9.44. The molecule has 1 amide bonds. The molecule has 0 saturated heterocycles. The Morgan fingerprint density at radius 1 is 0.968 bits per heavy atom. The lowest BCUT2D eigenvalue weighted by Gasteiger charge is -2.38. The molecule has 7 heteroatoms. The number of methoxy groups -OCH3 is 3. The van der Waals surface area contributed by atoms with Crippen LogP contribution in [0.1, 0.15) is 37.2 Å². The molecule has 1 aliphatic carbocycles. The molecule has 0 bridgehead atoms. The molecule has 0 radical (unpaired) electrons. The first-order valence-electron chi connectivity index (χ1n) is 10.1. The summed E-state index contributed by atoms with van der Waals surface area (Å²) >= 11 is 0. The fraction of sp³-hybridized carbons (Fsp3) is 0.333. The van der Waals surface area contributed by atoms with E-state index in [4.69, 9.17) is 14.2 Å². The molecule has 1 heterocycles. The van der Waals surface area contributed by atoms with Crippen LogP contribution in [0.15, 0.2) is 47.7 Å². The highest BCUT2D eigenvalue weighted by Gasteiger charge is 2.41. The summed E-state index contributed by atoms with van der Waals surface area (Å²) in [4.78, 5) is 27.9. The quantitative estimate of drug-likeness (QED) is 0.711. The highest BCUT2D eigenvalue weighted by molar-refractivity contribution is 6.07. The van der Waals surface area contributed by atoms with Crippen LogP contribution in [0.5, 0.6) is 17.2 Å². The van der Waals surface area contributed by atoms with Crippen molar-refractivity contribution >= 4 is 17.4 Å². The van der Waals surface area contributed by atoms with Crippen LogP contribution in [0.2, 0.25) is 0 Å². The number of ketones is 1. The molecule has 1 unspecified atom stereocenters. The molecule has 31 heavy (non-hydrogen) atoms. The molecule has 1 aliphatic heterocycles. The van der Waals surface area contributed by atoms with Crippen molar-refractivity contribution in [3.8, 4) is 17.2 Å². The molecule has 0 spiro atoms. The number of halogens is 1. The van der Waals surface area contributed by atoms with Gasteiger partial charge in [0.1, 0.15) is 5.82 Å². The van der Waals surface area contributed by atoms with E-state index in [0.29, 0.717) is 59.0 Å². The van der Waals surface area contributed by atoms with Crippen molar-refractivity contribution in [2.75, 3.05) is 26.2 Å². The first-order valence-corrected chi connectivity index (χ1v) is 10.1. The van der Waals surface area contributed by atoms with Crippen LogP contribution >= 0.6 is 0 Å². The first kappa shape index (κ1) is 20.9. The number of allylic oxidation sites excluding steroid dienone is 2. The summed E-state index contributed by atoms with van der Waals surface area (Å²) in [5, 5.41) is 0. The van der Waals surface area contributed by atoms with Crippen LogP contribution in [0.3, 0.4) is 0 Å². The SMILES string of the molecule is COc1ccc(C2CC(=O)N(c3cccc(F)c3)C3=C2C(=O)CCC3)c(OC)c1OC. The van der Waals surface area contributed by atoms with Crippen molar-refractivity contribution in [1.82, 2.24) is 0 Å². The van der Waals surface area contributed by atoms with Crippen LogP contribution in [0.25, 0.3) is 0 Å². The third-order valence-electron chi connectivity index (χ3n) is 5.85. The summed E-state index contributed by atoms with van der Waals surface area (Å²) in [6.07, 6.45) is 1.69. The number of anilines is 1. The number of hydrogen-bond donors (Lipinski definition) is 0. The second kappa shape index (κ2) is 8.41. The smallest absolute Gasteiger partial charge is 0.232 e. The summed E-state index contributed by atoms with van der Waals surface area (Å²) in [5.41, 5.74) is 2.35. The van der Waals surface area contributed by atoms with Gasteiger partial charge in [-0.3, -0.25) is 14.5 Å². The van der Waals surface area contributed by atoms with Crippen LogP contribution in [0, 0.1) is 5.82 Å². The minimum absolute atomic E-state index is 0.00279. The fourth-order valence-corrected chi connectivity index (χ4v) is 4.57. The van der Waals surface area contributed by atoms with E-state index >= 15 is 0 Å². The van der Waals surface area contributed by atoms with E-state index in [1.807, 2.05) is 6.07 Å². The summed E-state index contributed by atoms with van der Waals surface area (Å²) in [7, 11) is 4.56. The van der Waals surface area contributed by atoms with Crippen LogP contribution < -0.4 is 19.1 Å². The van der Waals surface area contributed by atoms with Gasteiger partial charge >= 0.3 is 0 Å². The molecule has 0 aromatic heterocycles. The van der Waals surface area contributed by atoms with Gasteiger partial charge in [-0.2, -0.15) is 0 Å². The second-order valence-corrected chi connectivity index (χ2v) is 7.53. The molecule has 2 aromatic carbocycles. The monoisotopic (exact) mass is 425 g/mol. The Balaban J connectivity index is 1.91. The Hall–Kier alpha value is -3.35. The topological polar surface area (TPSA) is 65.1 Å². The molecule has 0 fully saturated rings. The number of carbonyl (C=O) groups is 2.